The molecule has 0 N–H and O–H groups in total. The lowest BCUT2D eigenvalue weighted by atomic mass is 10.0. The van der Waals surface area contributed by atoms with E-state index in [9.17, 15) is 4.79 Å². The van der Waals surface area contributed by atoms with E-state index in [1.807, 2.05) is 48.5 Å². The van der Waals surface area contributed by atoms with Crippen LogP contribution in [0.5, 0.6) is 0 Å². The number of ether oxygens (including phenoxy) is 1. The third-order valence-corrected chi connectivity index (χ3v) is 5.64. The van der Waals surface area contributed by atoms with E-state index in [1.165, 1.54) is 12.3 Å². The van der Waals surface area contributed by atoms with Crippen LogP contribution in [0.15, 0.2) is 54.6 Å². The molecule has 0 atom stereocenters. The minimum Gasteiger partial charge on any atom is -0.465 e. The van der Waals surface area contributed by atoms with Gasteiger partial charge in [-0.15, -0.1) is 0 Å². The number of carbonyl (C=O) groups is 1. The van der Waals surface area contributed by atoms with Crippen LogP contribution in [-0.2, 0) is 9.53 Å². The monoisotopic (exact) mass is 310 g/mol. The highest BCUT2D eigenvalue weighted by Crippen LogP contribution is 2.19. The molecule has 3 heteroatoms. The van der Waals surface area contributed by atoms with E-state index < -0.39 is 8.07 Å². The van der Waals surface area contributed by atoms with Crippen LogP contribution in [0, 0.1) is 0 Å². The van der Waals surface area contributed by atoms with E-state index in [4.69, 9.17) is 4.74 Å². The molecule has 0 aromatic heterocycles. The van der Waals surface area contributed by atoms with Gasteiger partial charge in [0, 0.05) is 0 Å². The summed E-state index contributed by atoms with van der Waals surface area (Å²) in [5.74, 6) is -0.315. The zero-order chi connectivity index (χ0) is 16.2. The van der Waals surface area contributed by atoms with Crippen molar-refractivity contribution in [3.63, 3.8) is 0 Å². The summed E-state index contributed by atoms with van der Waals surface area (Å²) in [4.78, 5) is 12.1. The molecule has 0 bridgehead atoms. The molecule has 2 nitrogen and oxygen atoms in total. The van der Waals surface area contributed by atoms with Gasteiger partial charge < -0.3 is 4.74 Å². The minimum atomic E-state index is -1.34. The second-order valence-electron chi connectivity index (χ2n) is 6.29. The molecular weight excluding hydrogens is 288 g/mol. The van der Waals surface area contributed by atoms with Crippen molar-refractivity contribution in [2.24, 2.45) is 0 Å². The van der Waals surface area contributed by atoms with Gasteiger partial charge in [0.1, 0.15) is 0 Å². The topological polar surface area (TPSA) is 26.3 Å². The molecule has 114 valence electrons. The number of methoxy groups -OCH3 is 1. The number of rotatable bonds is 4. The molecule has 2 aromatic carbocycles. The highest BCUT2D eigenvalue weighted by Gasteiger charge is 2.17. The molecule has 0 saturated heterocycles. The first-order valence-electron chi connectivity index (χ1n) is 7.38. The number of benzene rings is 2. The van der Waals surface area contributed by atoms with Crippen LogP contribution in [0.4, 0.5) is 0 Å². The number of hydrogen-bond acceptors (Lipinski definition) is 2. The Balaban J connectivity index is 2.43. The van der Waals surface area contributed by atoms with Crippen molar-refractivity contribution in [3.05, 3.63) is 65.7 Å². The third kappa shape index (κ3) is 3.95. The molecule has 0 saturated carbocycles. The van der Waals surface area contributed by atoms with E-state index in [0.717, 1.165) is 11.1 Å². The summed E-state index contributed by atoms with van der Waals surface area (Å²) in [6.07, 6.45) is 1.87. The smallest absolute Gasteiger partial charge is 0.338 e. The van der Waals surface area contributed by atoms with Crippen LogP contribution in [0.3, 0.4) is 0 Å². The van der Waals surface area contributed by atoms with Gasteiger partial charge in [0.15, 0.2) is 0 Å². The van der Waals surface area contributed by atoms with E-state index in [0.29, 0.717) is 5.57 Å². The van der Waals surface area contributed by atoms with E-state index in [1.54, 1.807) is 0 Å². The van der Waals surface area contributed by atoms with Crippen LogP contribution in [0.2, 0.25) is 19.6 Å². The van der Waals surface area contributed by atoms with Gasteiger partial charge in [-0.2, -0.15) is 0 Å². The fourth-order valence-corrected chi connectivity index (χ4v) is 3.40. The molecule has 0 amide bonds. The van der Waals surface area contributed by atoms with Crippen molar-refractivity contribution in [1.29, 1.82) is 0 Å². The SMILES string of the molecule is COC(=O)/C(=C/c1ccccc1)c1ccc([Si](C)(C)C)cc1. The lowest BCUT2D eigenvalue weighted by molar-refractivity contribution is -0.133. The maximum atomic E-state index is 12.1. The first kappa shape index (κ1) is 16.2. The average molecular weight is 310 g/mol. The molecule has 0 spiro atoms. The Labute approximate surface area is 133 Å². The Bertz CT molecular complexity index is 665. The fourth-order valence-electron chi connectivity index (χ4n) is 2.24. The molecule has 0 aliphatic rings. The van der Waals surface area contributed by atoms with Crippen molar-refractivity contribution < 1.29 is 9.53 Å². The minimum absolute atomic E-state index is 0.315. The molecule has 0 radical (unpaired) electrons. The lowest BCUT2D eigenvalue weighted by Gasteiger charge is -2.17. The van der Waals surface area contributed by atoms with Gasteiger partial charge >= 0.3 is 5.97 Å². The van der Waals surface area contributed by atoms with Crippen molar-refractivity contribution in [2.75, 3.05) is 7.11 Å². The zero-order valence-corrected chi connectivity index (χ0v) is 14.6. The molecule has 0 heterocycles. The Morgan fingerprint density at radius 1 is 0.955 bits per heavy atom. The number of hydrogen-bond donors (Lipinski definition) is 0. The van der Waals surface area contributed by atoms with Crippen LogP contribution in [0.1, 0.15) is 11.1 Å². The Hall–Kier alpha value is -2.13. The van der Waals surface area contributed by atoms with Crippen LogP contribution in [-0.4, -0.2) is 21.2 Å². The van der Waals surface area contributed by atoms with Gasteiger partial charge in [-0.1, -0.05) is 79.4 Å². The van der Waals surface area contributed by atoms with Crippen LogP contribution >= 0.6 is 0 Å². The standard InChI is InChI=1S/C19H22O2Si/c1-21-19(20)18(14-15-8-6-5-7-9-15)16-10-12-17(13-11-16)22(2,3)4/h5-14H,1-4H3/b18-14+. The Kier molecular flexibility index (Phi) is 4.98. The average Bonchev–Trinajstić information content (AvgIpc) is 2.52. The molecule has 0 aliphatic heterocycles. The largest absolute Gasteiger partial charge is 0.465 e. The molecule has 0 fully saturated rings. The van der Waals surface area contributed by atoms with Crippen molar-refractivity contribution in [2.45, 2.75) is 19.6 Å². The van der Waals surface area contributed by atoms with E-state index in [-0.39, 0.29) is 5.97 Å². The summed E-state index contributed by atoms with van der Waals surface area (Å²) in [5.41, 5.74) is 2.45. The normalized spacial score (nSPS) is 12.1. The summed E-state index contributed by atoms with van der Waals surface area (Å²) in [7, 11) is 0.0780. The third-order valence-electron chi connectivity index (χ3n) is 3.58. The highest BCUT2D eigenvalue weighted by atomic mass is 28.3. The lowest BCUT2D eigenvalue weighted by Crippen LogP contribution is -2.37. The van der Waals surface area contributed by atoms with Gasteiger partial charge in [0.05, 0.1) is 20.8 Å². The zero-order valence-electron chi connectivity index (χ0n) is 13.6. The summed E-state index contributed by atoms with van der Waals surface area (Å²) in [6.45, 7) is 6.93. The quantitative estimate of drug-likeness (QED) is 0.370. The second-order valence-corrected chi connectivity index (χ2v) is 11.4. The van der Waals surface area contributed by atoms with Gasteiger partial charge in [-0.25, -0.2) is 4.79 Å². The van der Waals surface area contributed by atoms with Crippen LogP contribution in [0.25, 0.3) is 11.6 Å². The summed E-state index contributed by atoms with van der Waals surface area (Å²) in [6, 6.07) is 18.1. The van der Waals surface area contributed by atoms with Crippen molar-refractivity contribution >= 4 is 30.9 Å². The highest BCUT2D eigenvalue weighted by molar-refractivity contribution is 6.88. The Morgan fingerprint density at radius 2 is 1.55 bits per heavy atom. The molecule has 22 heavy (non-hydrogen) atoms. The summed E-state index contributed by atoms with van der Waals surface area (Å²) < 4.78 is 4.94. The van der Waals surface area contributed by atoms with Crippen LogP contribution < -0.4 is 5.19 Å². The fraction of sp³-hybridized carbons (Fsp3) is 0.211. The van der Waals surface area contributed by atoms with Crippen molar-refractivity contribution in [3.8, 4) is 0 Å². The first-order valence-corrected chi connectivity index (χ1v) is 10.9. The molecule has 2 aromatic rings. The molecule has 2 rings (SSSR count). The number of esters is 1. The first-order chi connectivity index (χ1) is 10.4. The van der Waals surface area contributed by atoms with Crippen molar-refractivity contribution in [1.82, 2.24) is 0 Å². The summed E-state index contributed by atoms with van der Waals surface area (Å²) in [5, 5.41) is 1.38. The van der Waals surface area contributed by atoms with Gasteiger partial charge in [-0.3, -0.25) is 0 Å². The van der Waals surface area contributed by atoms with Gasteiger partial charge in [-0.05, 0) is 17.2 Å². The molecule has 0 unspecified atom stereocenters. The maximum absolute atomic E-state index is 12.1. The predicted molar refractivity (Wildman–Crippen MR) is 95.8 cm³/mol. The molecular formula is C19H22O2Si. The summed E-state index contributed by atoms with van der Waals surface area (Å²) >= 11 is 0. The van der Waals surface area contributed by atoms with E-state index in [2.05, 4.69) is 31.8 Å². The Morgan fingerprint density at radius 3 is 2.05 bits per heavy atom. The maximum Gasteiger partial charge on any atom is 0.338 e. The molecule has 0 aliphatic carbocycles. The predicted octanol–water partition coefficient (Wildman–Crippen LogP) is 3.95. The van der Waals surface area contributed by atoms with Gasteiger partial charge in [0.25, 0.3) is 0 Å². The van der Waals surface area contributed by atoms with Gasteiger partial charge in [0.2, 0.25) is 0 Å². The number of carbonyl (C=O) groups excluding carboxylic acids is 1. The van der Waals surface area contributed by atoms with E-state index >= 15 is 0 Å². The second kappa shape index (κ2) is 6.75.